The van der Waals surface area contributed by atoms with Crippen LogP contribution >= 0.6 is 11.8 Å². The van der Waals surface area contributed by atoms with E-state index in [0.29, 0.717) is 36.5 Å². The molecule has 3 rings (SSSR count). The SMILES string of the molecule is CSc1ccc(OC(C(=O)N2CCN(C(=O)OC(C)(C)C)[C@H](C)C2)c2ccc(C)c(F)c2)cc1. The number of aryl methyl sites for hydroxylation is 1. The van der Waals surface area contributed by atoms with E-state index in [2.05, 4.69) is 0 Å². The Balaban J connectivity index is 1.80. The molecule has 8 heteroatoms. The minimum atomic E-state index is -1.00. The third-order valence-electron chi connectivity index (χ3n) is 5.60. The Hall–Kier alpha value is -2.74. The smallest absolute Gasteiger partial charge is 0.410 e. The number of carbonyl (C=O) groups is 2. The highest BCUT2D eigenvalue weighted by molar-refractivity contribution is 7.98. The monoisotopic (exact) mass is 488 g/mol. The van der Waals surface area contributed by atoms with Crippen LogP contribution in [-0.2, 0) is 9.53 Å². The normalized spacial score (nSPS) is 17.3. The van der Waals surface area contributed by atoms with E-state index < -0.39 is 17.8 Å². The number of hydrogen-bond donors (Lipinski definition) is 0. The van der Waals surface area contributed by atoms with Crippen molar-refractivity contribution in [2.24, 2.45) is 0 Å². The zero-order chi connectivity index (χ0) is 25.0. The van der Waals surface area contributed by atoms with Crippen molar-refractivity contribution < 1.29 is 23.5 Å². The summed E-state index contributed by atoms with van der Waals surface area (Å²) >= 11 is 1.61. The zero-order valence-electron chi connectivity index (χ0n) is 20.6. The highest BCUT2D eigenvalue weighted by atomic mass is 32.2. The maximum Gasteiger partial charge on any atom is 0.410 e. The number of rotatable bonds is 5. The molecule has 1 unspecified atom stereocenters. The lowest BCUT2D eigenvalue weighted by Gasteiger charge is -2.41. The molecule has 1 aliphatic rings. The molecule has 0 saturated carbocycles. The predicted molar refractivity (Wildman–Crippen MR) is 132 cm³/mol. The van der Waals surface area contributed by atoms with Gasteiger partial charge in [-0.05, 0) is 76.8 Å². The molecule has 6 nitrogen and oxygen atoms in total. The van der Waals surface area contributed by atoms with Gasteiger partial charge in [0, 0.05) is 36.1 Å². The Morgan fingerprint density at radius 1 is 1.12 bits per heavy atom. The van der Waals surface area contributed by atoms with Crippen LogP contribution in [0.3, 0.4) is 0 Å². The predicted octanol–water partition coefficient (Wildman–Crippen LogP) is 5.44. The zero-order valence-corrected chi connectivity index (χ0v) is 21.4. The summed E-state index contributed by atoms with van der Waals surface area (Å²) < 4.78 is 26.0. The maximum atomic E-state index is 14.4. The van der Waals surface area contributed by atoms with E-state index in [-0.39, 0.29) is 17.8 Å². The quantitative estimate of drug-likeness (QED) is 0.524. The first-order chi connectivity index (χ1) is 16.0. The molecule has 0 aromatic heterocycles. The minimum Gasteiger partial charge on any atom is -0.476 e. The molecule has 2 aromatic carbocycles. The van der Waals surface area contributed by atoms with E-state index in [1.54, 1.807) is 52.8 Å². The number of hydrogen-bond acceptors (Lipinski definition) is 5. The van der Waals surface area contributed by atoms with Crippen molar-refractivity contribution in [3.63, 3.8) is 0 Å². The van der Waals surface area contributed by atoms with Gasteiger partial charge in [-0.1, -0.05) is 12.1 Å². The van der Waals surface area contributed by atoms with Gasteiger partial charge < -0.3 is 19.3 Å². The van der Waals surface area contributed by atoms with Gasteiger partial charge in [0.2, 0.25) is 6.10 Å². The van der Waals surface area contributed by atoms with E-state index in [1.807, 2.05) is 46.1 Å². The summed E-state index contributed by atoms with van der Waals surface area (Å²) in [4.78, 5) is 30.5. The number of carbonyl (C=O) groups excluding carboxylic acids is 2. The van der Waals surface area contributed by atoms with Crippen molar-refractivity contribution in [3.05, 3.63) is 59.4 Å². The van der Waals surface area contributed by atoms with Gasteiger partial charge in [0.15, 0.2) is 0 Å². The van der Waals surface area contributed by atoms with Crippen LogP contribution in [0, 0.1) is 12.7 Å². The second-order valence-electron chi connectivity index (χ2n) is 9.49. The summed E-state index contributed by atoms with van der Waals surface area (Å²) in [5, 5.41) is 0. The molecule has 0 bridgehead atoms. The molecule has 0 spiro atoms. The molecule has 1 saturated heterocycles. The van der Waals surface area contributed by atoms with E-state index in [9.17, 15) is 14.0 Å². The molecule has 0 radical (unpaired) electrons. The first-order valence-electron chi connectivity index (χ1n) is 11.3. The lowest BCUT2D eigenvalue weighted by molar-refractivity contribution is -0.142. The van der Waals surface area contributed by atoms with Gasteiger partial charge in [0.1, 0.15) is 17.2 Å². The third-order valence-corrected chi connectivity index (χ3v) is 6.35. The summed E-state index contributed by atoms with van der Waals surface area (Å²) in [7, 11) is 0. The van der Waals surface area contributed by atoms with E-state index in [4.69, 9.17) is 9.47 Å². The molecular formula is C26H33FN2O4S. The molecule has 1 aliphatic heterocycles. The molecule has 2 atom stereocenters. The molecule has 2 amide bonds. The standard InChI is InChI=1S/C26H33FN2O4S/c1-17-7-8-19(15-22(17)27)23(32-20-9-11-21(34-6)12-10-20)24(30)28-13-14-29(18(2)16-28)25(31)33-26(3,4)5/h7-12,15,18,23H,13-14,16H2,1-6H3/t18-,23?/m1/s1. The second-order valence-corrected chi connectivity index (χ2v) is 10.4. The van der Waals surface area contributed by atoms with Gasteiger partial charge in [0.25, 0.3) is 5.91 Å². The van der Waals surface area contributed by atoms with E-state index >= 15 is 0 Å². The largest absolute Gasteiger partial charge is 0.476 e. The average Bonchev–Trinajstić information content (AvgIpc) is 2.78. The van der Waals surface area contributed by atoms with Crippen molar-refractivity contribution in [2.45, 2.75) is 57.3 Å². The highest BCUT2D eigenvalue weighted by Gasteiger charge is 2.36. The average molecular weight is 489 g/mol. The lowest BCUT2D eigenvalue weighted by atomic mass is 10.0. The van der Waals surface area contributed by atoms with Crippen LogP contribution < -0.4 is 4.74 Å². The summed E-state index contributed by atoms with van der Waals surface area (Å²) in [6.45, 7) is 10.0. The van der Waals surface area contributed by atoms with Crippen molar-refractivity contribution >= 4 is 23.8 Å². The molecule has 184 valence electrons. The number of amides is 2. The topological polar surface area (TPSA) is 59.1 Å². The van der Waals surface area contributed by atoms with Crippen molar-refractivity contribution in [3.8, 4) is 5.75 Å². The third kappa shape index (κ3) is 6.44. The molecule has 0 aliphatic carbocycles. The number of thioether (sulfide) groups is 1. The minimum absolute atomic E-state index is 0.233. The van der Waals surface area contributed by atoms with Gasteiger partial charge >= 0.3 is 6.09 Å². The van der Waals surface area contributed by atoms with Gasteiger partial charge in [-0.2, -0.15) is 0 Å². The Bertz CT molecular complexity index is 1020. The fourth-order valence-electron chi connectivity index (χ4n) is 3.74. The van der Waals surface area contributed by atoms with Crippen LogP contribution in [-0.4, -0.2) is 59.3 Å². The molecule has 1 heterocycles. The molecule has 34 heavy (non-hydrogen) atoms. The lowest BCUT2D eigenvalue weighted by Crippen LogP contribution is -2.57. The molecule has 1 fully saturated rings. The summed E-state index contributed by atoms with van der Waals surface area (Å²) in [6, 6.07) is 11.9. The summed E-state index contributed by atoms with van der Waals surface area (Å²) in [5.74, 6) is -0.134. The van der Waals surface area contributed by atoms with Crippen LogP contribution in [0.2, 0.25) is 0 Å². The maximum absolute atomic E-state index is 14.4. The van der Waals surface area contributed by atoms with E-state index in [1.165, 1.54) is 6.07 Å². The fourth-order valence-corrected chi connectivity index (χ4v) is 4.15. The Kier molecular flexibility index (Phi) is 8.13. The van der Waals surface area contributed by atoms with Gasteiger partial charge in [-0.25, -0.2) is 9.18 Å². The Morgan fingerprint density at radius 2 is 1.79 bits per heavy atom. The van der Waals surface area contributed by atoms with Crippen molar-refractivity contribution in [2.75, 3.05) is 25.9 Å². The first-order valence-corrected chi connectivity index (χ1v) is 12.6. The van der Waals surface area contributed by atoms with Crippen LogP contribution in [0.25, 0.3) is 0 Å². The number of piperazine rings is 1. The Labute approximate surface area is 205 Å². The van der Waals surface area contributed by atoms with Crippen LogP contribution in [0.15, 0.2) is 47.4 Å². The number of benzene rings is 2. The Morgan fingerprint density at radius 3 is 2.35 bits per heavy atom. The summed E-state index contributed by atoms with van der Waals surface area (Å²) in [5.41, 5.74) is 0.354. The number of halogens is 1. The number of nitrogens with zero attached hydrogens (tertiary/aromatic N) is 2. The van der Waals surface area contributed by atoms with Gasteiger partial charge in [0.05, 0.1) is 0 Å². The van der Waals surface area contributed by atoms with Crippen LogP contribution in [0.1, 0.15) is 44.9 Å². The van der Waals surface area contributed by atoms with Crippen molar-refractivity contribution in [1.29, 1.82) is 0 Å². The molecule has 2 aromatic rings. The van der Waals surface area contributed by atoms with E-state index in [0.717, 1.165) is 4.90 Å². The number of ether oxygens (including phenoxy) is 2. The molecule has 0 N–H and O–H groups in total. The van der Waals surface area contributed by atoms with Gasteiger partial charge in [-0.3, -0.25) is 4.79 Å². The first kappa shape index (κ1) is 25.9. The summed E-state index contributed by atoms with van der Waals surface area (Å²) in [6.07, 6.45) is 0.583. The van der Waals surface area contributed by atoms with Crippen LogP contribution in [0.5, 0.6) is 5.75 Å². The second kappa shape index (κ2) is 10.7. The fraction of sp³-hybridized carbons (Fsp3) is 0.462. The van der Waals surface area contributed by atoms with Gasteiger partial charge in [-0.15, -0.1) is 11.8 Å². The molecular weight excluding hydrogens is 455 g/mol. The highest BCUT2D eigenvalue weighted by Crippen LogP contribution is 2.28. The van der Waals surface area contributed by atoms with Crippen LogP contribution in [0.4, 0.5) is 9.18 Å². The van der Waals surface area contributed by atoms with Crippen molar-refractivity contribution in [1.82, 2.24) is 9.80 Å².